The van der Waals surface area contributed by atoms with E-state index in [1.54, 1.807) is 9.34 Å². The molecule has 7 heteroatoms. The van der Waals surface area contributed by atoms with E-state index >= 15 is 0 Å². The van der Waals surface area contributed by atoms with Crippen LogP contribution in [0, 0.1) is 0 Å². The molecule has 0 aliphatic rings. The van der Waals surface area contributed by atoms with Crippen molar-refractivity contribution in [2.75, 3.05) is 28.2 Å². The molecule has 0 aliphatic carbocycles. The van der Waals surface area contributed by atoms with Crippen LogP contribution in [0.2, 0.25) is 0 Å². The van der Waals surface area contributed by atoms with E-state index in [0.717, 1.165) is 0 Å². The summed E-state index contributed by atoms with van der Waals surface area (Å²) in [6.07, 6.45) is -2.25. The fourth-order valence-corrected chi connectivity index (χ4v) is 5.16. The highest BCUT2D eigenvalue weighted by Gasteiger charge is 2.43. The maximum atomic E-state index is 5.82. The summed E-state index contributed by atoms with van der Waals surface area (Å²) in [7, 11) is 7.29. The average molecular weight is 270 g/mol. The number of halogens is 3. The van der Waals surface area contributed by atoms with Gasteiger partial charge in [-0.15, -0.1) is 0 Å². The van der Waals surface area contributed by atoms with Crippen LogP contribution in [0.4, 0.5) is 0 Å². The Balaban J connectivity index is 5.04. The normalized spacial score (nSPS) is 14.4. The van der Waals surface area contributed by atoms with E-state index in [9.17, 15) is 0 Å². The molecule has 0 saturated heterocycles. The van der Waals surface area contributed by atoms with Crippen LogP contribution < -0.4 is 0 Å². The molecule has 0 fully saturated rings. The van der Waals surface area contributed by atoms with Crippen molar-refractivity contribution in [3.05, 3.63) is 0 Å². The molecule has 0 aromatic rings. The van der Waals surface area contributed by atoms with Crippen LogP contribution in [0.3, 0.4) is 0 Å². The molecule has 0 aliphatic heterocycles. The zero-order valence-electron chi connectivity index (χ0n) is 7.38. The molecule has 0 rings (SSSR count). The van der Waals surface area contributed by atoms with Crippen LogP contribution in [0.15, 0.2) is 0 Å². The van der Waals surface area contributed by atoms with Crippen LogP contribution in [0.5, 0.6) is 0 Å². The number of hydrogen-bond donors (Lipinski definition) is 0. The fourth-order valence-electron chi connectivity index (χ4n) is 0.811. The minimum atomic E-state index is -2.25. The summed E-state index contributed by atoms with van der Waals surface area (Å²) in [5, 5.41) is 0. The molecule has 0 heterocycles. The van der Waals surface area contributed by atoms with E-state index in [-0.39, 0.29) is 0 Å². The largest absolute Gasteiger partial charge is 0.267 e. The van der Waals surface area contributed by atoms with Gasteiger partial charge in [-0.3, -0.25) is 9.34 Å². The van der Waals surface area contributed by atoms with Gasteiger partial charge in [-0.1, -0.05) is 46.6 Å². The van der Waals surface area contributed by atoms with Crippen molar-refractivity contribution >= 4 is 52.9 Å². The average Bonchev–Trinajstić information content (AvgIpc) is 1.82. The Labute approximate surface area is 93.9 Å². The highest BCUT2D eigenvalue weighted by Crippen LogP contribution is 2.67. The molecule has 2 nitrogen and oxygen atoms in total. The Morgan fingerprint density at radius 2 is 1.25 bits per heavy atom. The third kappa shape index (κ3) is 2.48. The van der Waals surface area contributed by atoms with Gasteiger partial charge in [0.1, 0.15) is 6.34 Å². The summed E-state index contributed by atoms with van der Waals surface area (Å²) >= 11 is 22.8. The zero-order chi connectivity index (χ0) is 10.2. The summed E-state index contributed by atoms with van der Waals surface area (Å²) in [5.41, 5.74) is 0. The molecule has 74 valence electrons. The molecule has 0 aromatic heterocycles. The molecule has 0 radical (unpaired) electrons. The SMILES string of the molecule is CN(C)P(=S)(N(C)C)C(Cl)(Cl)Cl. The minimum absolute atomic E-state index is 1.41. The van der Waals surface area contributed by atoms with Crippen molar-refractivity contribution in [1.29, 1.82) is 0 Å². The van der Waals surface area contributed by atoms with Crippen LogP contribution in [-0.2, 0) is 11.8 Å². The monoisotopic (exact) mass is 268 g/mol. The van der Waals surface area contributed by atoms with Crippen LogP contribution >= 0.6 is 41.1 Å². The third-order valence-corrected chi connectivity index (χ3v) is 10.0. The molecule has 0 spiro atoms. The lowest BCUT2D eigenvalue weighted by molar-refractivity contribution is 0.570. The van der Waals surface area contributed by atoms with Crippen LogP contribution in [0.25, 0.3) is 0 Å². The molecule has 0 amide bonds. The van der Waals surface area contributed by atoms with Crippen LogP contribution in [-0.4, -0.2) is 41.1 Å². The first-order valence-corrected chi connectivity index (χ1v) is 7.00. The summed E-state index contributed by atoms with van der Waals surface area (Å²) in [6.45, 7) is 0. The van der Waals surface area contributed by atoms with E-state index in [0.29, 0.717) is 0 Å². The maximum Gasteiger partial charge on any atom is 0.243 e. The molecule has 0 atom stereocenters. The quantitative estimate of drug-likeness (QED) is 0.562. The van der Waals surface area contributed by atoms with Gasteiger partial charge in [0.2, 0.25) is 3.53 Å². The fraction of sp³-hybridized carbons (Fsp3) is 1.00. The van der Waals surface area contributed by atoms with Gasteiger partial charge in [-0.25, -0.2) is 0 Å². The van der Waals surface area contributed by atoms with Gasteiger partial charge in [0.25, 0.3) is 0 Å². The number of hydrogen-bond acceptors (Lipinski definition) is 1. The van der Waals surface area contributed by atoms with Gasteiger partial charge < -0.3 is 0 Å². The lowest BCUT2D eigenvalue weighted by atomic mass is 11.3. The van der Waals surface area contributed by atoms with E-state index in [2.05, 4.69) is 0 Å². The van der Waals surface area contributed by atoms with Crippen molar-refractivity contribution in [2.24, 2.45) is 0 Å². The standard InChI is InChI=1S/C5H12Cl3N2PS/c1-9(2)11(12,10(3)4)5(6,7)8/h1-4H3. The van der Waals surface area contributed by atoms with Crippen molar-refractivity contribution in [1.82, 2.24) is 9.34 Å². The van der Waals surface area contributed by atoms with Gasteiger partial charge in [0.15, 0.2) is 0 Å². The molecule has 0 saturated carbocycles. The summed E-state index contributed by atoms with van der Waals surface area (Å²) in [4.78, 5) is 0. The van der Waals surface area contributed by atoms with Gasteiger partial charge in [0, 0.05) is 0 Å². The van der Waals surface area contributed by atoms with Gasteiger partial charge in [0.05, 0.1) is 0 Å². The Morgan fingerprint density at radius 3 is 1.25 bits per heavy atom. The molecule has 0 N–H and O–H groups in total. The number of rotatable bonds is 2. The van der Waals surface area contributed by atoms with Gasteiger partial charge >= 0.3 is 0 Å². The highest BCUT2D eigenvalue weighted by atomic mass is 35.6. The molecule has 12 heavy (non-hydrogen) atoms. The molecule has 0 unspecified atom stereocenters. The topological polar surface area (TPSA) is 6.48 Å². The van der Waals surface area contributed by atoms with E-state index in [4.69, 9.17) is 46.6 Å². The van der Waals surface area contributed by atoms with Crippen molar-refractivity contribution in [3.63, 3.8) is 0 Å². The molecule has 0 bridgehead atoms. The predicted octanol–water partition coefficient (Wildman–Crippen LogP) is 2.75. The first-order chi connectivity index (χ1) is 5.14. The predicted molar refractivity (Wildman–Crippen MR) is 61.9 cm³/mol. The van der Waals surface area contributed by atoms with E-state index in [1.165, 1.54) is 0 Å². The third-order valence-electron chi connectivity index (χ3n) is 1.41. The maximum absolute atomic E-state index is 5.82. The van der Waals surface area contributed by atoms with E-state index in [1.807, 2.05) is 28.2 Å². The molecule has 0 aromatic carbocycles. The second kappa shape index (κ2) is 4.31. The second-order valence-corrected chi connectivity index (χ2v) is 10.7. The van der Waals surface area contributed by atoms with Crippen molar-refractivity contribution in [3.8, 4) is 0 Å². The van der Waals surface area contributed by atoms with Crippen molar-refractivity contribution in [2.45, 2.75) is 3.53 Å². The zero-order valence-corrected chi connectivity index (χ0v) is 11.4. The second-order valence-electron chi connectivity index (χ2n) is 2.71. The first-order valence-electron chi connectivity index (χ1n) is 3.16. The lowest BCUT2D eigenvalue weighted by Gasteiger charge is -2.39. The number of alkyl halides is 3. The minimum Gasteiger partial charge on any atom is -0.267 e. The lowest BCUT2D eigenvalue weighted by Crippen LogP contribution is -2.28. The van der Waals surface area contributed by atoms with Gasteiger partial charge in [-0.2, -0.15) is 0 Å². The smallest absolute Gasteiger partial charge is 0.243 e. The Kier molecular flexibility index (Phi) is 4.83. The highest BCUT2D eigenvalue weighted by molar-refractivity contribution is 8.15. The summed E-state index contributed by atoms with van der Waals surface area (Å²) in [5.74, 6) is 0. The van der Waals surface area contributed by atoms with Crippen LogP contribution in [0.1, 0.15) is 0 Å². The summed E-state index contributed by atoms with van der Waals surface area (Å²) < 4.78 is 2.19. The Hall–Kier alpha value is 1.44. The first kappa shape index (κ1) is 13.4. The van der Waals surface area contributed by atoms with Crippen molar-refractivity contribution < 1.29 is 0 Å². The molecular formula is C5H12Cl3N2PS. The Morgan fingerprint density at radius 1 is 1.00 bits per heavy atom. The molecular weight excluding hydrogens is 257 g/mol. The summed E-state index contributed by atoms with van der Waals surface area (Å²) in [6, 6.07) is 0. The number of nitrogens with zero attached hydrogens (tertiary/aromatic N) is 2. The van der Waals surface area contributed by atoms with Gasteiger partial charge in [-0.05, 0) is 28.2 Å². The van der Waals surface area contributed by atoms with E-state index < -0.39 is 9.87 Å². The Bertz CT molecular complexity index is 189.